The number of nitrogens with one attached hydrogen (secondary N) is 1. The number of hydrogen-bond donors (Lipinski definition) is 1. The zero-order chi connectivity index (χ0) is 11.9. The summed E-state index contributed by atoms with van der Waals surface area (Å²) < 4.78 is 15.9. The lowest BCUT2D eigenvalue weighted by Gasteiger charge is -2.29. The van der Waals surface area contributed by atoms with Gasteiger partial charge < -0.3 is 19.5 Å². The number of rotatable bonds is 8. The van der Waals surface area contributed by atoms with Gasteiger partial charge in [-0.1, -0.05) is 0 Å². The molecule has 0 aromatic carbocycles. The molecule has 4 nitrogen and oxygen atoms in total. The normalized spacial score (nSPS) is 29.8. The van der Waals surface area contributed by atoms with E-state index in [1.807, 2.05) is 0 Å². The van der Waals surface area contributed by atoms with Crippen LogP contribution in [0.3, 0.4) is 0 Å². The number of methoxy groups -OCH3 is 1. The number of ether oxygens (including phenoxy) is 3. The third kappa shape index (κ3) is 4.37. The molecule has 1 rings (SSSR count). The van der Waals surface area contributed by atoms with E-state index in [0.29, 0.717) is 19.3 Å². The monoisotopic (exact) mass is 231 g/mol. The molecule has 0 aliphatic carbocycles. The first-order valence-electron chi connectivity index (χ1n) is 6.12. The molecule has 2 atom stereocenters. The molecule has 0 radical (unpaired) electrons. The second-order valence-corrected chi connectivity index (χ2v) is 4.57. The van der Waals surface area contributed by atoms with Crippen LogP contribution in [0.4, 0.5) is 0 Å². The fraction of sp³-hybridized carbons (Fsp3) is 1.00. The highest BCUT2D eigenvalue weighted by molar-refractivity contribution is 4.93. The summed E-state index contributed by atoms with van der Waals surface area (Å²) in [7, 11) is 1.69. The van der Waals surface area contributed by atoms with Gasteiger partial charge in [-0.3, -0.25) is 0 Å². The molecule has 0 aromatic heterocycles. The van der Waals surface area contributed by atoms with Gasteiger partial charge in [0.15, 0.2) is 0 Å². The smallest absolute Gasteiger partial charge is 0.0726 e. The lowest BCUT2D eigenvalue weighted by atomic mass is 9.95. The maximum absolute atomic E-state index is 5.57. The van der Waals surface area contributed by atoms with Gasteiger partial charge in [0.05, 0.1) is 19.3 Å². The van der Waals surface area contributed by atoms with Gasteiger partial charge in [-0.2, -0.15) is 0 Å². The van der Waals surface area contributed by atoms with E-state index < -0.39 is 0 Å². The van der Waals surface area contributed by atoms with Gasteiger partial charge in [0.1, 0.15) is 0 Å². The fourth-order valence-corrected chi connectivity index (χ4v) is 1.86. The molecule has 1 heterocycles. The van der Waals surface area contributed by atoms with Gasteiger partial charge in [-0.05, 0) is 33.2 Å². The zero-order valence-corrected chi connectivity index (χ0v) is 10.8. The standard InChI is InChI=1S/C12H25NO3/c1-11-12(2,5-8-16-11)13-6-4-7-15-10-9-14-3/h11,13H,4-10H2,1-3H3. The summed E-state index contributed by atoms with van der Waals surface area (Å²) in [6.45, 7) is 8.38. The van der Waals surface area contributed by atoms with Crippen molar-refractivity contribution in [1.82, 2.24) is 5.32 Å². The van der Waals surface area contributed by atoms with Crippen molar-refractivity contribution in [2.24, 2.45) is 0 Å². The van der Waals surface area contributed by atoms with Gasteiger partial charge >= 0.3 is 0 Å². The average Bonchev–Trinajstić information content (AvgIpc) is 2.59. The lowest BCUT2D eigenvalue weighted by molar-refractivity contribution is 0.0657. The Hall–Kier alpha value is -0.160. The highest BCUT2D eigenvalue weighted by Gasteiger charge is 2.35. The van der Waals surface area contributed by atoms with Crippen LogP contribution in [0.1, 0.15) is 26.7 Å². The first-order chi connectivity index (χ1) is 7.69. The quantitative estimate of drug-likeness (QED) is 0.637. The van der Waals surface area contributed by atoms with Crippen LogP contribution in [0.5, 0.6) is 0 Å². The molecule has 2 unspecified atom stereocenters. The Morgan fingerprint density at radius 2 is 2.19 bits per heavy atom. The molecule has 1 fully saturated rings. The first-order valence-corrected chi connectivity index (χ1v) is 6.12. The van der Waals surface area contributed by atoms with E-state index in [2.05, 4.69) is 19.2 Å². The lowest BCUT2D eigenvalue weighted by Crippen LogP contribution is -2.48. The molecule has 0 saturated carbocycles. The SMILES string of the molecule is COCCOCCCNC1(C)CCOC1C. The van der Waals surface area contributed by atoms with Gasteiger partial charge in [-0.15, -0.1) is 0 Å². The van der Waals surface area contributed by atoms with Crippen molar-refractivity contribution in [3.8, 4) is 0 Å². The summed E-state index contributed by atoms with van der Waals surface area (Å²) in [5, 5.41) is 3.56. The van der Waals surface area contributed by atoms with Crippen molar-refractivity contribution in [3.63, 3.8) is 0 Å². The van der Waals surface area contributed by atoms with Crippen LogP contribution in [0.15, 0.2) is 0 Å². The van der Waals surface area contributed by atoms with Crippen LogP contribution in [0.2, 0.25) is 0 Å². The number of hydrogen-bond acceptors (Lipinski definition) is 4. The van der Waals surface area contributed by atoms with Crippen LogP contribution in [-0.4, -0.2) is 51.7 Å². The van der Waals surface area contributed by atoms with Crippen LogP contribution >= 0.6 is 0 Å². The van der Waals surface area contributed by atoms with Crippen molar-refractivity contribution in [2.75, 3.05) is 40.1 Å². The second kappa shape index (κ2) is 7.22. The molecule has 16 heavy (non-hydrogen) atoms. The van der Waals surface area contributed by atoms with E-state index in [1.54, 1.807) is 7.11 Å². The molecule has 96 valence electrons. The maximum Gasteiger partial charge on any atom is 0.0726 e. The predicted octanol–water partition coefficient (Wildman–Crippen LogP) is 1.20. The summed E-state index contributed by atoms with van der Waals surface area (Å²) in [5.74, 6) is 0. The Morgan fingerprint density at radius 1 is 1.38 bits per heavy atom. The molecule has 0 aromatic rings. The van der Waals surface area contributed by atoms with Gasteiger partial charge in [0.25, 0.3) is 0 Å². The predicted molar refractivity (Wildman–Crippen MR) is 63.8 cm³/mol. The van der Waals surface area contributed by atoms with Gasteiger partial charge in [0.2, 0.25) is 0 Å². The molecular formula is C12H25NO3. The largest absolute Gasteiger partial charge is 0.382 e. The van der Waals surface area contributed by atoms with Crippen LogP contribution in [-0.2, 0) is 14.2 Å². The van der Waals surface area contributed by atoms with Crippen molar-refractivity contribution in [3.05, 3.63) is 0 Å². The van der Waals surface area contributed by atoms with E-state index in [1.165, 1.54) is 0 Å². The molecule has 1 saturated heterocycles. The third-order valence-corrected chi connectivity index (χ3v) is 3.31. The third-order valence-electron chi connectivity index (χ3n) is 3.31. The second-order valence-electron chi connectivity index (χ2n) is 4.57. The highest BCUT2D eigenvalue weighted by atomic mass is 16.5. The van der Waals surface area contributed by atoms with Crippen molar-refractivity contribution in [1.29, 1.82) is 0 Å². The molecule has 4 heteroatoms. The van der Waals surface area contributed by atoms with E-state index in [9.17, 15) is 0 Å². The summed E-state index contributed by atoms with van der Waals surface area (Å²) in [6, 6.07) is 0. The van der Waals surface area contributed by atoms with Crippen LogP contribution < -0.4 is 5.32 Å². The Kier molecular flexibility index (Phi) is 6.28. The van der Waals surface area contributed by atoms with Gasteiger partial charge in [0, 0.05) is 25.9 Å². The van der Waals surface area contributed by atoms with Crippen molar-refractivity contribution >= 4 is 0 Å². The minimum absolute atomic E-state index is 0.145. The molecule has 0 amide bonds. The Bertz CT molecular complexity index is 189. The summed E-state index contributed by atoms with van der Waals surface area (Å²) in [6.07, 6.45) is 2.44. The van der Waals surface area contributed by atoms with Gasteiger partial charge in [-0.25, -0.2) is 0 Å². The summed E-state index contributed by atoms with van der Waals surface area (Å²) in [5.41, 5.74) is 0.145. The Balaban J connectivity index is 1.98. The van der Waals surface area contributed by atoms with E-state index in [-0.39, 0.29) is 5.54 Å². The maximum atomic E-state index is 5.57. The molecular weight excluding hydrogens is 206 g/mol. The molecule has 0 spiro atoms. The van der Waals surface area contributed by atoms with Crippen molar-refractivity contribution in [2.45, 2.75) is 38.3 Å². The minimum Gasteiger partial charge on any atom is -0.382 e. The van der Waals surface area contributed by atoms with E-state index in [0.717, 1.165) is 32.6 Å². The van der Waals surface area contributed by atoms with Crippen LogP contribution in [0.25, 0.3) is 0 Å². The summed E-state index contributed by atoms with van der Waals surface area (Å²) in [4.78, 5) is 0. The summed E-state index contributed by atoms with van der Waals surface area (Å²) >= 11 is 0. The minimum atomic E-state index is 0.145. The zero-order valence-electron chi connectivity index (χ0n) is 10.8. The molecule has 1 aliphatic rings. The average molecular weight is 231 g/mol. The topological polar surface area (TPSA) is 39.7 Å². The van der Waals surface area contributed by atoms with Crippen LogP contribution in [0, 0.1) is 0 Å². The molecule has 1 aliphatic heterocycles. The Labute approximate surface area is 98.6 Å². The molecule has 1 N–H and O–H groups in total. The Morgan fingerprint density at radius 3 is 2.81 bits per heavy atom. The van der Waals surface area contributed by atoms with Crippen molar-refractivity contribution < 1.29 is 14.2 Å². The fourth-order valence-electron chi connectivity index (χ4n) is 1.86. The molecule has 0 bridgehead atoms. The first kappa shape index (κ1) is 13.9. The van der Waals surface area contributed by atoms with E-state index in [4.69, 9.17) is 14.2 Å². The highest BCUT2D eigenvalue weighted by Crippen LogP contribution is 2.24. The van der Waals surface area contributed by atoms with E-state index >= 15 is 0 Å².